The number of carbonyl (C=O) groups excluding carboxylic acids is 1. The van der Waals surface area contributed by atoms with Gasteiger partial charge in [-0.3, -0.25) is 4.79 Å². The first kappa shape index (κ1) is 11.3. The van der Waals surface area contributed by atoms with Crippen LogP contribution in [0.5, 0.6) is 0 Å². The maximum atomic E-state index is 11.0. The van der Waals surface area contributed by atoms with E-state index in [0.717, 1.165) is 30.4 Å². The zero-order valence-electron chi connectivity index (χ0n) is 8.77. The lowest BCUT2D eigenvalue weighted by Gasteiger charge is -2.30. The van der Waals surface area contributed by atoms with Gasteiger partial charge in [-0.05, 0) is 28.8 Å². The smallest absolute Gasteiger partial charge is 0.225 e. The third-order valence-corrected chi connectivity index (χ3v) is 3.20. The summed E-state index contributed by atoms with van der Waals surface area (Å²) in [5.74, 6) is 0.522. The van der Waals surface area contributed by atoms with E-state index in [4.69, 9.17) is 5.73 Å². The number of primary amides is 1. The molecule has 1 saturated heterocycles. The first-order valence-electron chi connectivity index (χ1n) is 5.18. The van der Waals surface area contributed by atoms with E-state index in [1.807, 2.05) is 0 Å². The van der Waals surface area contributed by atoms with E-state index in [0.29, 0.717) is 5.95 Å². The molecule has 1 aliphatic heterocycles. The van der Waals surface area contributed by atoms with Gasteiger partial charge in [-0.15, -0.1) is 0 Å². The van der Waals surface area contributed by atoms with Crippen LogP contribution in [0.15, 0.2) is 16.9 Å². The molecule has 1 fully saturated rings. The number of carbonyl (C=O) groups is 1. The van der Waals surface area contributed by atoms with E-state index in [1.54, 1.807) is 12.4 Å². The van der Waals surface area contributed by atoms with Crippen molar-refractivity contribution in [2.45, 2.75) is 12.8 Å². The standard InChI is InChI=1S/C10H13BrN4O/c11-8-5-13-10(14-6-8)15-3-1-7(2-4-15)9(12)16/h5-7H,1-4H2,(H2,12,16). The Morgan fingerprint density at radius 3 is 2.44 bits per heavy atom. The number of hydrogen-bond donors (Lipinski definition) is 1. The molecular weight excluding hydrogens is 272 g/mol. The fourth-order valence-electron chi connectivity index (χ4n) is 1.83. The van der Waals surface area contributed by atoms with Gasteiger partial charge >= 0.3 is 0 Å². The Morgan fingerprint density at radius 1 is 1.38 bits per heavy atom. The molecule has 0 aliphatic carbocycles. The number of hydrogen-bond acceptors (Lipinski definition) is 4. The van der Waals surface area contributed by atoms with Crippen LogP contribution in [0.4, 0.5) is 5.95 Å². The summed E-state index contributed by atoms with van der Waals surface area (Å²) in [5.41, 5.74) is 5.28. The van der Waals surface area contributed by atoms with Gasteiger partial charge in [-0.25, -0.2) is 9.97 Å². The minimum Gasteiger partial charge on any atom is -0.369 e. The van der Waals surface area contributed by atoms with Crippen molar-refractivity contribution in [3.05, 3.63) is 16.9 Å². The van der Waals surface area contributed by atoms with Crippen LogP contribution in [0.2, 0.25) is 0 Å². The van der Waals surface area contributed by atoms with Crippen molar-refractivity contribution in [2.24, 2.45) is 11.7 Å². The van der Waals surface area contributed by atoms with Gasteiger partial charge < -0.3 is 10.6 Å². The van der Waals surface area contributed by atoms with Crippen LogP contribution in [0.3, 0.4) is 0 Å². The van der Waals surface area contributed by atoms with Gasteiger partial charge in [0.15, 0.2) is 0 Å². The lowest BCUT2D eigenvalue weighted by atomic mass is 9.96. The largest absolute Gasteiger partial charge is 0.369 e. The average Bonchev–Trinajstić information content (AvgIpc) is 2.30. The zero-order chi connectivity index (χ0) is 11.5. The molecule has 0 radical (unpaired) electrons. The second kappa shape index (κ2) is 4.78. The number of aromatic nitrogens is 2. The topological polar surface area (TPSA) is 72.1 Å². The van der Waals surface area contributed by atoms with Gasteiger partial charge in [0.25, 0.3) is 0 Å². The van der Waals surface area contributed by atoms with Gasteiger partial charge in [0.05, 0.1) is 4.47 Å². The summed E-state index contributed by atoms with van der Waals surface area (Å²) in [5, 5.41) is 0. The Bertz CT molecular complexity index is 373. The Balaban J connectivity index is 1.99. The lowest BCUT2D eigenvalue weighted by Crippen LogP contribution is -2.39. The van der Waals surface area contributed by atoms with Crippen LogP contribution < -0.4 is 10.6 Å². The van der Waals surface area contributed by atoms with Crippen molar-refractivity contribution in [2.75, 3.05) is 18.0 Å². The molecule has 2 N–H and O–H groups in total. The summed E-state index contributed by atoms with van der Waals surface area (Å²) in [6.45, 7) is 1.57. The predicted octanol–water partition coefficient (Wildman–Crippen LogP) is 0.941. The summed E-state index contributed by atoms with van der Waals surface area (Å²) in [4.78, 5) is 21.5. The number of halogens is 1. The minimum atomic E-state index is -0.198. The second-order valence-electron chi connectivity index (χ2n) is 3.86. The van der Waals surface area contributed by atoms with Crippen molar-refractivity contribution in [1.29, 1.82) is 0 Å². The molecular formula is C10H13BrN4O. The molecule has 0 saturated carbocycles. The fourth-order valence-corrected chi connectivity index (χ4v) is 2.04. The number of nitrogens with two attached hydrogens (primary N) is 1. The Hall–Kier alpha value is -1.17. The third kappa shape index (κ3) is 2.49. The number of rotatable bonds is 2. The van der Waals surface area contributed by atoms with E-state index in [-0.39, 0.29) is 11.8 Å². The van der Waals surface area contributed by atoms with Gasteiger partial charge in [-0.1, -0.05) is 0 Å². The predicted molar refractivity (Wildman–Crippen MR) is 63.9 cm³/mol. The van der Waals surface area contributed by atoms with Crippen molar-refractivity contribution in [1.82, 2.24) is 9.97 Å². The van der Waals surface area contributed by atoms with Crippen LogP contribution in [-0.4, -0.2) is 29.0 Å². The molecule has 0 unspecified atom stereocenters. The molecule has 0 atom stereocenters. The van der Waals surface area contributed by atoms with Gasteiger partial charge in [-0.2, -0.15) is 0 Å². The van der Waals surface area contributed by atoms with E-state index in [9.17, 15) is 4.79 Å². The number of amides is 1. The molecule has 1 amide bonds. The normalized spacial score (nSPS) is 17.4. The molecule has 2 rings (SSSR count). The van der Waals surface area contributed by atoms with Crippen LogP contribution in [0.25, 0.3) is 0 Å². The molecule has 1 aliphatic rings. The molecule has 6 heteroatoms. The van der Waals surface area contributed by atoms with E-state index in [2.05, 4.69) is 30.8 Å². The third-order valence-electron chi connectivity index (χ3n) is 2.79. The molecule has 0 bridgehead atoms. The van der Waals surface area contributed by atoms with Gasteiger partial charge in [0.1, 0.15) is 0 Å². The van der Waals surface area contributed by atoms with Crippen LogP contribution in [-0.2, 0) is 4.79 Å². The molecule has 1 aromatic rings. The van der Waals surface area contributed by atoms with Gasteiger partial charge in [0, 0.05) is 31.4 Å². The summed E-state index contributed by atoms with van der Waals surface area (Å²) in [7, 11) is 0. The maximum absolute atomic E-state index is 11.0. The number of nitrogens with zero attached hydrogens (tertiary/aromatic N) is 3. The summed E-state index contributed by atoms with van der Waals surface area (Å²) < 4.78 is 0.864. The monoisotopic (exact) mass is 284 g/mol. The highest BCUT2D eigenvalue weighted by atomic mass is 79.9. The average molecular weight is 285 g/mol. The van der Waals surface area contributed by atoms with Crippen molar-refractivity contribution >= 4 is 27.8 Å². The molecule has 0 aromatic carbocycles. The Kier molecular flexibility index (Phi) is 3.38. The van der Waals surface area contributed by atoms with E-state index >= 15 is 0 Å². The lowest BCUT2D eigenvalue weighted by molar-refractivity contribution is -0.122. The molecule has 16 heavy (non-hydrogen) atoms. The molecule has 1 aromatic heterocycles. The van der Waals surface area contributed by atoms with E-state index in [1.165, 1.54) is 0 Å². The number of piperidine rings is 1. The van der Waals surface area contributed by atoms with Crippen LogP contribution >= 0.6 is 15.9 Å². The van der Waals surface area contributed by atoms with Crippen molar-refractivity contribution in [3.63, 3.8) is 0 Å². The molecule has 2 heterocycles. The highest BCUT2D eigenvalue weighted by Crippen LogP contribution is 2.20. The van der Waals surface area contributed by atoms with Crippen LogP contribution in [0.1, 0.15) is 12.8 Å². The van der Waals surface area contributed by atoms with Crippen molar-refractivity contribution < 1.29 is 4.79 Å². The highest BCUT2D eigenvalue weighted by molar-refractivity contribution is 9.10. The zero-order valence-corrected chi connectivity index (χ0v) is 10.4. The summed E-state index contributed by atoms with van der Waals surface area (Å²) >= 11 is 3.29. The van der Waals surface area contributed by atoms with E-state index < -0.39 is 0 Å². The Labute approximate surface area is 102 Å². The molecule has 0 spiro atoms. The van der Waals surface area contributed by atoms with Crippen LogP contribution in [0, 0.1) is 5.92 Å². The Morgan fingerprint density at radius 2 is 1.94 bits per heavy atom. The first-order chi connectivity index (χ1) is 7.66. The number of anilines is 1. The minimum absolute atomic E-state index is 0.00620. The maximum Gasteiger partial charge on any atom is 0.225 e. The fraction of sp³-hybridized carbons (Fsp3) is 0.500. The molecule has 86 valence electrons. The first-order valence-corrected chi connectivity index (χ1v) is 5.98. The quantitative estimate of drug-likeness (QED) is 0.877. The molecule has 5 nitrogen and oxygen atoms in total. The van der Waals surface area contributed by atoms with Crippen molar-refractivity contribution in [3.8, 4) is 0 Å². The highest BCUT2D eigenvalue weighted by Gasteiger charge is 2.24. The summed E-state index contributed by atoms with van der Waals surface area (Å²) in [6.07, 6.45) is 5.02. The SMILES string of the molecule is NC(=O)C1CCN(c2ncc(Br)cn2)CC1. The summed E-state index contributed by atoms with van der Waals surface area (Å²) in [6, 6.07) is 0. The van der Waals surface area contributed by atoms with Gasteiger partial charge in [0.2, 0.25) is 11.9 Å². The second-order valence-corrected chi connectivity index (χ2v) is 4.78.